The Kier molecular flexibility index (Phi) is 3.41. The van der Waals surface area contributed by atoms with E-state index < -0.39 is 0 Å². The van der Waals surface area contributed by atoms with Gasteiger partial charge in [-0.25, -0.2) is 0 Å². The smallest absolute Gasteiger partial charge is 0.248 e. The lowest BCUT2D eigenvalue weighted by molar-refractivity contribution is -0.125. The Balaban J connectivity index is 2.03. The molecule has 0 aromatic heterocycles. The molecule has 0 atom stereocenters. The van der Waals surface area contributed by atoms with E-state index >= 15 is 0 Å². The summed E-state index contributed by atoms with van der Waals surface area (Å²) in [6, 6.07) is 11.7. The van der Waals surface area contributed by atoms with E-state index in [9.17, 15) is 9.59 Å². The van der Waals surface area contributed by atoms with Crippen molar-refractivity contribution in [2.45, 2.75) is 6.92 Å². The highest BCUT2D eigenvalue weighted by atomic mass is 16.2. The summed E-state index contributed by atoms with van der Waals surface area (Å²) in [5, 5.41) is 2.05. The Morgan fingerprint density at radius 1 is 1.18 bits per heavy atom. The van der Waals surface area contributed by atoms with Crippen LogP contribution >= 0.6 is 0 Å². The largest absolute Gasteiger partial charge is 0.338 e. The van der Waals surface area contributed by atoms with Gasteiger partial charge in [0.15, 0.2) is 5.78 Å². The normalized spacial score (nSPS) is 13.0. The van der Waals surface area contributed by atoms with Crippen LogP contribution in [0, 0.1) is 0 Å². The van der Waals surface area contributed by atoms with Crippen molar-refractivity contribution in [1.82, 2.24) is 4.90 Å². The number of rotatable bonds is 3. The van der Waals surface area contributed by atoms with Gasteiger partial charge in [-0.15, -0.1) is 0 Å². The van der Waals surface area contributed by atoms with Gasteiger partial charge in [-0.05, 0) is 23.9 Å². The Labute approximate surface area is 129 Å². The van der Waals surface area contributed by atoms with Gasteiger partial charge in [0.1, 0.15) is 0 Å². The first kappa shape index (κ1) is 14.3. The second-order valence-electron chi connectivity index (χ2n) is 5.69. The van der Waals surface area contributed by atoms with Crippen LogP contribution in [0.15, 0.2) is 54.1 Å². The van der Waals surface area contributed by atoms with Gasteiger partial charge < -0.3 is 4.90 Å². The maximum absolute atomic E-state index is 12.7. The minimum absolute atomic E-state index is 0.00864. The van der Waals surface area contributed by atoms with Crippen LogP contribution in [0.4, 0.5) is 0 Å². The van der Waals surface area contributed by atoms with Crippen molar-refractivity contribution in [3.8, 4) is 0 Å². The molecule has 110 valence electrons. The molecule has 2 aromatic carbocycles. The molecular formula is C19H17NO2. The van der Waals surface area contributed by atoms with Gasteiger partial charge in [-0.2, -0.15) is 0 Å². The number of nitrogens with zero attached hydrogens (tertiary/aromatic N) is 1. The zero-order valence-electron chi connectivity index (χ0n) is 12.7. The second-order valence-corrected chi connectivity index (χ2v) is 5.69. The van der Waals surface area contributed by atoms with Gasteiger partial charge >= 0.3 is 0 Å². The van der Waals surface area contributed by atoms with E-state index in [1.807, 2.05) is 42.5 Å². The lowest BCUT2D eigenvalue weighted by Gasteiger charge is -2.22. The Morgan fingerprint density at radius 2 is 1.86 bits per heavy atom. The topological polar surface area (TPSA) is 37.4 Å². The van der Waals surface area contributed by atoms with Crippen molar-refractivity contribution < 1.29 is 9.59 Å². The minimum Gasteiger partial charge on any atom is -0.338 e. The third-order valence-electron chi connectivity index (χ3n) is 3.92. The maximum atomic E-state index is 12.7. The molecule has 0 fully saturated rings. The molecule has 3 heteroatoms. The molecule has 0 heterocycles. The van der Waals surface area contributed by atoms with Crippen LogP contribution < -0.4 is 0 Å². The summed E-state index contributed by atoms with van der Waals surface area (Å²) in [7, 11) is 1.69. The minimum atomic E-state index is -0.147. The monoisotopic (exact) mass is 291 g/mol. The standard InChI is InChI=1S/C19H17NO2/c1-12(2)19(22)20(3)11-15-10-14-8-4-6-13-7-5-9-16(17(13)14)18(15)21/h4-10H,1,11H2,2-3H3. The molecule has 2 aromatic rings. The van der Waals surface area contributed by atoms with Crippen LogP contribution in [0.5, 0.6) is 0 Å². The lowest BCUT2D eigenvalue weighted by atomic mass is 9.88. The number of amides is 1. The van der Waals surface area contributed by atoms with E-state index in [1.54, 1.807) is 14.0 Å². The van der Waals surface area contributed by atoms with Crippen LogP contribution in [-0.4, -0.2) is 30.2 Å². The van der Waals surface area contributed by atoms with Crippen molar-refractivity contribution >= 4 is 28.5 Å². The third kappa shape index (κ3) is 2.25. The van der Waals surface area contributed by atoms with E-state index in [-0.39, 0.29) is 18.2 Å². The number of likely N-dealkylation sites (N-methyl/N-ethyl adjacent to an activating group) is 1. The molecule has 1 amide bonds. The van der Waals surface area contributed by atoms with Crippen LogP contribution in [0.25, 0.3) is 16.8 Å². The van der Waals surface area contributed by atoms with E-state index in [4.69, 9.17) is 0 Å². The van der Waals surface area contributed by atoms with E-state index in [1.165, 1.54) is 4.90 Å². The molecule has 1 aliphatic rings. The molecule has 0 spiro atoms. The first-order chi connectivity index (χ1) is 10.5. The molecule has 0 bridgehead atoms. The highest BCUT2D eigenvalue weighted by Crippen LogP contribution is 2.31. The summed E-state index contributed by atoms with van der Waals surface area (Å²) in [4.78, 5) is 26.2. The number of carbonyl (C=O) groups is 2. The fourth-order valence-electron chi connectivity index (χ4n) is 2.88. The average molecular weight is 291 g/mol. The van der Waals surface area contributed by atoms with Crippen LogP contribution in [0.2, 0.25) is 0 Å². The van der Waals surface area contributed by atoms with Crippen molar-refractivity contribution in [3.63, 3.8) is 0 Å². The quantitative estimate of drug-likeness (QED) is 0.812. The van der Waals surface area contributed by atoms with Crippen LogP contribution in [0.3, 0.4) is 0 Å². The molecular weight excluding hydrogens is 274 g/mol. The SMILES string of the molecule is C=C(C)C(=O)N(C)CC1=Cc2cccc3cccc(c23)C1=O. The molecule has 0 radical (unpaired) electrons. The number of Topliss-reactive ketones (excluding diaryl/α,β-unsaturated/α-hetero) is 1. The van der Waals surface area contributed by atoms with Crippen molar-refractivity contribution in [2.75, 3.05) is 13.6 Å². The van der Waals surface area contributed by atoms with Crippen LogP contribution in [-0.2, 0) is 4.79 Å². The number of carbonyl (C=O) groups excluding carboxylic acids is 2. The van der Waals surface area contributed by atoms with E-state index in [0.717, 1.165) is 16.3 Å². The van der Waals surface area contributed by atoms with E-state index in [0.29, 0.717) is 16.7 Å². The second kappa shape index (κ2) is 5.26. The predicted octanol–water partition coefficient (Wildman–Crippen LogP) is 3.45. The van der Waals surface area contributed by atoms with Gasteiger partial charge in [0.25, 0.3) is 0 Å². The Morgan fingerprint density at radius 3 is 2.55 bits per heavy atom. The summed E-state index contributed by atoms with van der Waals surface area (Å²) in [5.74, 6) is -0.156. The molecule has 0 N–H and O–H groups in total. The van der Waals surface area contributed by atoms with Gasteiger partial charge in [-0.1, -0.05) is 43.0 Å². The predicted molar refractivity (Wildman–Crippen MR) is 88.7 cm³/mol. The Hall–Kier alpha value is -2.68. The summed E-state index contributed by atoms with van der Waals surface area (Å²) in [6.45, 7) is 5.62. The summed E-state index contributed by atoms with van der Waals surface area (Å²) in [5.41, 5.74) is 2.83. The highest BCUT2D eigenvalue weighted by Gasteiger charge is 2.23. The summed E-state index contributed by atoms with van der Waals surface area (Å²) >= 11 is 0. The number of ketones is 1. The molecule has 0 unspecified atom stereocenters. The summed E-state index contributed by atoms with van der Waals surface area (Å²) in [6.07, 6.45) is 1.89. The Bertz CT molecular complexity index is 840. The molecule has 0 saturated carbocycles. The molecule has 0 aliphatic heterocycles. The zero-order chi connectivity index (χ0) is 15.9. The van der Waals surface area contributed by atoms with Crippen molar-refractivity contribution in [3.05, 3.63) is 65.3 Å². The maximum Gasteiger partial charge on any atom is 0.248 e. The van der Waals surface area contributed by atoms with Gasteiger partial charge in [0.05, 0.1) is 0 Å². The van der Waals surface area contributed by atoms with Crippen molar-refractivity contribution in [1.29, 1.82) is 0 Å². The lowest BCUT2D eigenvalue weighted by Crippen LogP contribution is -2.31. The van der Waals surface area contributed by atoms with Gasteiger partial charge in [-0.3, -0.25) is 9.59 Å². The van der Waals surface area contributed by atoms with Crippen molar-refractivity contribution in [2.24, 2.45) is 0 Å². The summed E-state index contributed by atoms with van der Waals surface area (Å²) < 4.78 is 0. The first-order valence-electron chi connectivity index (χ1n) is 7.17. The zero-order valence-corrected chi connectivity index (χ0v) is 12.7. The van der Waals surface area contributed by atoms with Gasteiger partial charge in [0.2, 0.25) is 5.91 Å². The van der Waals surface area contributed by atoms with Gasteiger partial charge in [0, 0.05) is 35.7 Å². The molecule has 3 rings (SSSR count). The number of hydrogen-bond donors (Lipinski definition) is 0. The number of benzene rings is 2. The number of hydrogen-bond acceptors (Lipinski definition) is 2. The average Bonchev–Trinajstić information content (AvgIpc) is 2.51. The highest BCUT2D eigenvalue weighted by molar-refractivity contribution is 6.23. The first-order valence-corrected chi connectivity index (χ1v) is 7.17. The third-order valence-corrected chi connectivity index (χ3v) is 3.92. The molecule has 22 heavy (non-hydrogen) atoms. The fraction of sp³-hybridized carbons (Fsp3) is 0.158. The fourth-order valence-corrected chi connectivity index (χ4v) is 2.88. The molecule has 0 saturated heterocycles. The van der Waals surface area contributed by atoms with Crippen LogP contribution in [0.1, 0.15) is 22.8 Å². The molecule has 1 aliphatic carbocycles. The van der Waals surface area contributed by atoms with E-state index in [2.05, 4.69) is 6.58 Å². The molecule has 3 nitrogen and oxygen atoms in total.